The van der Waals surface area contributed by atoms with Crippen LogP contribution in [0.25, 0.3) is 0 Å². The van der Waals surface area contributed by atoms with E-state index in [4.69, 9.17) is 17.3 Å². The van der Waals surface area contributed by atoms with Crippen LogP contribution in [0.3, 0.4) is 0 Å². The molecule has 2 nitrogen and oxygen atoms in total. The average Bonchev–Trinajstić information content (AvgIpc) is 2.41. The molecular formula is C15H24BrClN2. The van der Waals surface area contributed by atoms with Crippen molar-refractivity contribution in [3.8, 4) is 0 Å². The molecular weight excluding hydrogens is 324 g/mol. The van der Waals surface area contributed by atoms with E-state index in [1.54, 1.807) is 0 Å². The van der Waals surface area contributed by atoms with Crippen molar-refractivity contribution in [2.75, 3.05) is 19.6 Å². The van der Waals surface area contributed by atoms with Gasteiger partial charge in [0.2, 0.25) is 0 Å². The summed E-state index contributed by atoms with van der Waals surface area (Å²) in [4.78, 5) is 2.44. The number of benzene rings is 1. The van der Waals surface area contributed by atoms with Gasteiger partial charge in [-0.2, -0.15) is 0 Å². The Hall–Kier alpha value is -0.0900. The highest BCUT2D eigenvalue weighted by molar-refractivity contribution is 9.10. The Balaban J connectivity index is 2.99. The maximum Gasteiger partial charge on any atom is 0.0482 e. The molecule has 2 atom stereocenters. The fraction of sp³-hybridized carbons (Fsp3) is 0.600. The van der Waals surface area contributed by atoms with Crippen molar-refractivity contribution in [2.24, 2.45) is 11.7 Å². The zero-order valence-electron chi connectivity index (χ0n) is 12.0. The van der Waals surface area contributed by atoms with Gasteiger partial charge in [0, 0.05) is 28.6 Å². The summed E-state index contributed by atoms with van der Waals surface area (Å²) in [6.07, 6.45) is 1.19. The van der Waals surface area contributed by atoms with Gasteiger partial charge in [-0.3, -0.25) is 4.90 Å². The van der Waals surface area contributed by atoms with E-state index in [1.165, 1.54) is 12.0 Å². The zero-order chi connectivity index (χ0) is 14.4. The average molecular weight is 348 g/mol. The Bertz CT molecular complexity index is 398. The van der Waals surface area contributed by atoms with E-state index < -0.39 is 0 Å². The van der Waals surface area contributed by atoms with Crippen molar-refractivity contribution in [3.63, 3.8) is 0 Å². The minimum atomic E-state index is 0.215. The van der Waals surface area contributed by atoms with Gasteiger partial charge in [-0.15, -0.1) is 0 Å². The molecule has 0 saturated heterocycles. The molecule has 108 valence electrons. The molecule has 0 heterocycles. The molecule has 0 aliphatic heterocycles. The van der Waals surface area contributed by atoms with Gasteiger partial charge in [0.25, 0.3) is 0 Å². The molecule has 4 heteroatoms. The Morgan fingerprint density at radius 1 is 1.37 bits per heavy atom. The lowest BCUT2D eigenvalue weighted by atomic mass is 10.0. The number of likely N-dealkylation sites (N-methyl/N-ethyl adjacent to an activating group) is 1. The molecule has 1 aromatic rings. The van der Waals surface area contributed by atoms with Gasteiger partial charge in [0.1, 0.15) is 0 Å². The van der Waals surface area contributed by atoms with Crippen LogP contribution in [0.5, 0.6) is 0 Å². The predicted molar refractivity (Wildman–Crippen MR) is 87.6 cm³/mol. The van der Waals surface area contributed by atoms with Gasteiger partial charge in [-0.1, -0.05) is 54.7 Å². The quantitative estimate of drug-likeness (QED) is 0.788. The van der Waals surface area contributed by atoms with Crippen LogP contribution in [0.4, 0.5) is 0 Å². The number of hydrogen-bond acceptors (Lipinski definition) is 2. The number of nitrogens with two attached hydrogens (primary N) is 1. The molecule has 0 spiro atoms. The lowest BCUT2D eigenvalue weighted by molar-refractivity contribution is 0.182. The highest BCUT2D eigenvalue weighted by Crippen LogP contribution is 2.30. The van der Waals surface area contributed by atoms with Gasteiger partial charge in [-0.05, 0) is 36.2 Å². The Morgan fingerprint density at radius 3 is 2.58 bits per heavy atom. The molecule has 0 amide bonds. The first-order chi connectivity index (χ1) is 9.03. The van der Waals surface area contributed by atoms with Crippen LogP contribution >= 0.6 is 27.5 Å². The van der Waals surface area contributed by atoms with E-state index in [0.717, 1.165) is 22.6 Å². The molecule has 0 fully saturated rings. The molecule has 0 aliphatic carbocycles. The molecule has 1 aromatic carbocycles. The number of nitrogens with zero attached hydrogens (tertiary/aromatic N) is 1. The maximum absolute atomic E-state index is 6.12. The second kappa shape index (κ2) is 8.25. The van der Waals surface area contributed by atoms with Crippen LogP contribution in [-0.4, -0.2) is 24.5 Å². The molecule has 2 unspecified atom stereocenters. The van der Waals surface area contributed by atoms with E-state index in [2.05, 4.69) is 41.6 Å². The van der Waals surface area contributed by atoms with E-state index in [0.29, 0.717) is 12.5 Å². The Kier molecular flexibility index (Phi) is 7.37. The minimum Gasteiger partial charge on any atom is -0.329 e. The van der Waals surface area contributed by atoms with Crippen LogP contribution in [0, 0.1) is 5.92 Å². The van der Waals surface area contributed by atoms with Gasteiger partial charge < -0.3 is 5.73 Å². The van der Waals surface area contributed by atoms with E-state index in [1.807, 2.05) is 18.2 Å². The molecule has 0 bridgehead atoms. The number of rotatable bonds is 7. The molecule has 2 N–H and O–H groups in total. The van der Waals surface area contributed by atoms with Crippen LogP contribution in [-0.2, 0) is 0 Å². The second-order valence-corrected chi connectivity index (χ2v) is 6.31. The van der Waals surface area contributed by atoms with Gasteiger partial charge in [0.05, 0.1) is 0 Å². The van der Waals surface area contributed by atoms with Crippen molar-refractivity contribution in [1.82, 2.24) is 4.90 Å². The summed E-state index contributed by atoms with van der Waals surface area (Å²) >= 11 is 9.73. The molecule has 0 saturated carbocycles. The van der Waals surface area contributed by atoms with Crippen LogP contribution < -0.4 is 5.73 Å². The summed E-state index contributed by atoms with van der Waals surface area (Å²) in [6, 6.07) is 6.13. The third-order valence-corrected chi connectivity index (χ3v) is 4.59. The van der Waals surface area contributed by atoms with Crippen molar-refractivity contribution in [1.29, 1.82) is 0 Å². The fourth-order valence-electron chi connectivity index (χ4n) is 2.25. The summed E-state index contributed by atoms with van der Waals surface area (Å²) in [5, 5.41) is 0.760. The summed E-state index contributed by atoms with van der Waals surface area (Å²) in [5.41, 5.74) is 7.19. The van der Waals surface area contributed by atoms with E-state index in [9.17, 15) is 0 Å². The Labute approximate surface area is 130 Å². The molecule has 19 heavy (non-hydrogen) atoms. The summed E-state index contributed by atoms with van der Waals surface area (Å²) in [5.74, 6) is 0.673. The standard InChI is InChI=1S/C15H24BrClN2/c1-4-11(3)10-19(5-2)15(9-18)13-8-12(17)6-7-14(13)16/h6-8,11,15H,4-5,9-10,18H2,1-3H3. The monoisotopic (exact) mass is 346 g/mol. The van der Waals surface area contributed by atoms with Crippen molar-refractivity contribution in [2.45, 2.75) is 33.2 Å². The topological polar surface area (TPSA) is 29.3 Å². The number of halogens is 2. The van der Waals surface area contributed by atoms with Gasteiger partial charge in [0.15, 0.2) is 0 Å². The van der Waals surface area contributed by atoms with Crippen molar-refractivity contribution in [3.05, 3.63) is 33.3 Å². The SMILES string of the molecule is CCC(C)CN(CC)C(CN)c1cc(Cl)ccc1Br. The highest BCUT2D eigenvalue weighted by Gasteiger charge is 2.21. The zero-order valence-corrected chi connectivity index (χ0v) is 14.3. The largest absolute Gasteiger partial charge is 0.329 e. The summed E-state index contributed by atoms with van der Waals surface area (Å²) in [7, 11) is 0. The predicted octanol–water partition coefficient (Wildman–Crippen LogP) is 4.47. The minimum absolute atomic E-state index is 0.215. The molecule has 0 aliphatic rings. The second-order valence-electron chi connectivity index (χ2n) is 5.02. The fourth-order valence-corrected chi connectivity index (χ4v) is 2.94. The first-order valence-corrected chi connectivity index (χ1v) is 8.09. The molecule has 0 aromatic heterocycles. The first-order valence-electron chi connectivity index (χ1n) is 6.92. The lowest BCUT2D eigenvalue weighted by Crippen LogP contribution is -2.36. The Morgan fingerprint density at radius 2 is 2.05 bits per heavy atom. The molecule has 1 rings (SSSR count). The smallest absolute Gasteiger partial charge is 0.0482 e. The normalized spacial score (nSPS) is 14.7. The van der Waals surface area contributed by atoms with Crippen molar-refractivity contribution >= 4 is 27.5 Å². The lowest BCUT2D eigenvalue weighted by Gasteiger charge is -2.32. The van der Waals surface area contributed by atoms with Gasteiger partial charge in [-0.25, -0.2) is 0 Å². The summed E-state index contributed by atoms with van der Waals surface area (Å²) in [6.45, 7) is 9.35. The van der Waals surface area contributed by atoms with Gasteiger partial charge >= 0.3 is 0 Å². The van der Waals surface area contributed by atoms with Crippen LogP contribution in [0.15, 0.2) is 22.7 Å². The van der Waals surface area contributed by atoms with E-state index >= 15 is 0 Å². The highest BCUT2D eigenvalue weighted by atomic mass is 79.9. The van der Waals surface area contributed by atoms with E-state index in [-0.39, 0.29) is 6.04 Å². The summed E-state index contributed by atoms with van der Waals surface area (Å²) < 4.78 is 1.08. The van der Waals surface area contributed by atoms with Crippen molar-refractivity contribution < 1.29 is 0 Å². The van der Waals surface area contributed by atoms with Crippen LogP contribution in [0.1, 0.15) is 38.8 Å². The number of hydrogen-bond donors (Lipinski definition) is 1. The third-order valence-electron chi connectivity index (χ3n) is 3.63. The third kappa shape index (κ3) is 4.75. The molecule has 0 radical (unpaired) electrons. The van der Waals surface area contributed by atoms with Crippen LogP contribution in [0.2, 0.25) is 5.02 Å². The first kappa shape index (κ1) is 17.0. The maximum atomic E-state index is 6.12.